The Kier molecular flexibility index (Phi) is 6.01. The van der Waals surface area contributed by atoms with Gasteiger partial charge in [0.25, 0.3) is 5.89 Å². The molecule has 1 aliphatic heterocycles. The van der Waals surface area contributed by atoms with Gasteiger partial charge in [0.1, 0.15) is 0 Å². The van der Waals surface area contributed by atoms with Crippen LogP contribution in [0.4, 0.5) is 0 Å². The number of benzene rings is 1. The number of rotatable bonds is 6. The van der Waals surface area contributed by atoms with Crippen LogP contribution < -0.4 is 5.32 Å². The molecule has 2 aromatic heterocycles. The van der Waals surface area contributed by atoms with E-state index in [1.807, 2.05) is 17.5 Å². The maximum absolute atomic E-state index is 5.77. The smallest absolute Gasteiger partial charge is 0.258 e. The van der Waals surface area contributed by atoms with Crippen LogP contribution in [0.15, 0.2) is 45.9 Å². The predicted octanol–water partition coefficient (Wildman–Crippen LogP) is 5.88. The van der Waals surface area contributed by atoms with E-state index in [-0.39, 0.29) is 6.04 Å². The second-order valence-electron chi connectivity index (χ2n) is 7.63. The Morgan fingerprint density at radius 2 is 2.03 bits per heavy atom. The number of thiophene rings is 1. The summed E-state index contributed by atoms with van der Waals surface area (Å²) in [6.45, 7) is 9.40. The number of aromatic nitrogens is 2. The molecule has 1 aliphatic rings. The van der Waals surface area contributed by atoms with Gasteiger partial charge >= 0.3 is 0 Å². The standard InChI is InChI=1S/C23H26N4OS2/c1-5-6-11-27-16(4)19(22-25-21(26-28-22)18-8-7-12-30-18)20(24-23(27)29)17-10-9-14(2)15(3)13-17/h7-10,12-13,20H,5-6,11H2,1-4H3,(H,24,29). The largest absolute Gasteiger partial charge is 0.351 e. The average Bonchev–Trinajstić information content (AvgIpc) is 3.41. The SMILES string of the molecule is CCCCN1C(=S)NC(c2ccc(C)c(C)c2)C(c2nc(-c3cccs3)no2)=C1C. The minimum Gasteiger partial charge on any atom is -0.351 e. The number of thiocarbonyl (C=S) groups is 1. The van der Waals surface area contributed by atoms with Crippen LogP contribution in [0, 0.1) is 13.8 Å². The fourth-order valence-corrected chi connectivity index (χ4v) is 4.67. The molecule has 5 nitrogen and oxygen atoms in total. The first kappa shape index (κ1) is 20.8. The van der Waals surface area contributed by atoms with Crippen molar-refractivity contribution in [1.29, 1.82) is 0 Å². The maximum Gasteiger partial charge on any atom is 0.258 e. The predicted molar refractivity (Wildman–Crippen MR) is 126 cm³/mol. The third kappa shape index (κ3) is 3.91. The van der Waals surface area contributed by atoms with Crippen molar-refractivity contribution >= 4 is 34.2 Å². The van der Waals surface area contributed by atoms with Crippen molar-refractivity contribution in [1.82, 2.24) is 20.4 Å². The van der Waals surface area contributed by atoms with E-state index in [1.165, 1.54) is 11.1 Å². The first-order valence-electron chi connectivity index (χ1n) is 10.2. The Balaban J connectivity index is 1.81. The second-order valence-corrected chi connectivity index (χ2v) is 8.97. The Bertz CT molecular complexity index is 1080. The molecule has 0 saturated carbocycles. The van der Waals surface area contributed by atoms with Crippen molar-refractivity contribution in [2.24, 2.45) is 0 Å². The van der Waals surface area contributed by atoms with Crippen LogP contribution in [0.25, 0.3) is 16.3 Å². The zero-order valence-corrected chi connectivity index (χ0v) is 19.4. The van der Waals surface area contributed by atoms with Crippen molar-refractivity contribution in [3.8, 4) is 10.7 Å². The van der Waals surface area contributed by atoms with Gasteiger partial charge in [0.05, 0.1) is 16.5 Å². The molecule has 0 saturated heterocycles. The van der Waals surface area contributed by atoms with Crippen LogP contribution in [0.5, 0.6) is 0 Å². The molecule has 7 heteroatoms. The van der Waals surface area contributed by atoms with Gasteiger partial charge in [-0.25, -0.2) is 0 Å². The Morgan fingerprint density at radius 1 is 1.20 bits per heavy atom. The van der Waals surface area contributed by atoms with Crippen LogP contribution in [0.1, 0.15) is 55.3 Å². The summed E-state index contributed by atoms with van der Waals surface area (Å²) in [6, 6.07) is 10.4. The van der Waals surface area contributed by atoms with Crippen LogP contribution in [0.2, 0.25) is 0 Å². The van der Waals surface area contributed by atoms with Crippen LogP contribution in [0.3, 0.4) is 0 Å². The maximum atomic E-state index is 5.77. The van der Waals surface area contributed by atoms with Gasteiger partial charge in [0, 0.05) is 12.2 Å². The molecule has 3 heterocycles. The van der Waals surface area contributed by atoms with Crippen LogP contribution in [-0.2, 0) is 0 Å². The highest BCUT2D eigenvalue weighted by Gasteiger charge is 2.34. The van der Waals surface area contributed by atoms with Crippen molar-refractivity contribution < 1.29 is 4.52 Å². The van der Waals surface area contributed by atoms with Gasteiger partial charge in [0.2, 0.25) is 5.82 Å². The lowest BCUT2D eigenvalue weighted by Gasteiger charge is -2.37. The van der Waals surface area contributed by atoms with Gasteiger partial charge in [-0.2, -0.15) is 4.98 Å². The molecular weight excluding hydrogens is 412 g/mol. The van der Waals surface area contributed by atoms with Crippen molar-refractivity contribution in [2.45, 2.75) is 46.6 Å². The Hall–Kier alpha value is -2.51. The fourth-order valence-electron chi connectivity index (χ4n) is 3.68. The highest BCUT2D eigenvalue weighted by Crippen LogP contribution is 2.38. The summed E-state index contributed by atoms with van der Waals surface area (Å²) in [5, 5.41) is 10.5. The minimum atomic E-state index is -0.133. The lowest BCUT2D eigenvalue weighted by Crippen LogP contribution is -2.46. The number of allylic oxidation sites excluding steroid dienone is 1. The van der Waals surface area contributed by atoms with E-state index < -0.39 is 0 Å². The van der Waals surface area contributed by atoms with E-state index in [0.717, 1.165) is 46.2 Å². The molecule has 4 rings (SSSR count). The summed E-state index contributed by atoms with van der Waals surface area (Å²) in [5.74, 6) is 1.16. The summed E-state index contributed by atoms with van der Waals surface area (Å²) >= 11 is 7.34. The first-order chi connectivity index (χ1) is 14.5. The quantitative estimate of drug-likeness (QED) is 0.485. The summed E-state index contributed by atoms with van der Waals surface area (Å²) < 4.78 is 5.77. The van der Waals surface area contributed by atoms with Gasteiger partial charge < -0.3 is 14.7 Å². The molecule has 0 aliphatic carbocycles. The van der Waals surface area contributed by atoms with E-state index in [9.17, 15) is 0 Å². The number of nitrogens with one attached hydrogen (secondary N) is 1. The van der Waals surface area contributed by atoms with Gasteiger partial charge in [-0.1, -0.05) is 42.8 Å². The molecular formula is C23H26N4OS2. The van der Waals surface area contributed by atoms with E-state index in [2.05, 4.69) is 61.3 Å². The zero-order chi connectivity index (χ0) is 21.3. The number of unbranched alkanes of at least 4 members (excludes halogenated alkanes) is 1. The summed E-state index contributed by atoms with van der Waals surface area (Å²) in [7, 11) is 0. The topological polar surface area (TPSA) is 54.2 Å². The summed E-state index contributed by atoms with van der Waals surface area (Å²) in [5.41, 5.74) is 5.70. The van der Waals surface area contributed by atoms with Crippen LogP contribution in [-0.4, -0.2) is 26.7 Å². The van der Waals surface area contributed by atoms with Crippen LogP contribution >= 0.6 is 23.6 Å². The summed E-state index contributed by atoms with van der Waals surface area (Å²) in [4.78, 5) is 7.89. The molecule has 30 heavy (non-hydrogen) atoms. The number of aryl methyl sites for hydroxylation is 2. The Morgan fingerprint density at radius 3 is 2.73 bits per heavy atom. The van der Waals surface area contributed by atoms with Crippen molar-refractivity contribution in [3.05, 3.63) is 64.0 Å². The van der Waals surface area contributed by atoms with Crippen molar-refractivity contribution in [3.63, 3.8) is 0 Å². The van der Waals surface area contributed by atoms with Gasteiger partial charge in [0.15, 0.2) is 5.11 Å². The molecule has 3 aromatic rings. The fraction of sp³-hybridized carbons (Fsp3) is 0.348. The molecule has 1 N–H and O–H groups in total. The molecule has 1 aromatic carbocycles. The number of hydrogen-bond acceptors (Lipinski definition) is 5. The lowest BCUT2D eigenvalue weighted by atomic mass is 9.92. The van der Waals surface area contributed by atoms with Crippen molar-refractivity contribution in [2.75, 3.05) is 6.54 Å². The van der Waals surface area contributed by atoms with E-state index in [4.69, 9.17) is 21.7 Å². The van der Waals surface area contributed by atoms with E-state index >= 15 is 0 Å². The highest BCUT2D eigenvalue weighted by atomic mass is 32.1. The number of hydrogen-bond donors (Lipinski definition) is 1. The van der Waals surface area contributed by atoms with E-state index in [0.29, 0.717) is 11.7 Å². The highest BCUT2D eigenvalue weighted by molar-refractivity contribution is 7.80. The first-order valence-corrected chi connectivity index (χ1v) is 11.5. The normalized spacial score (nSPS) is 16.9. The molecule has 0 radical (unpaired) electrons. The van der Waals surface area contributed by atoms with E-state index in [1.54, 1.807) is 11.3 Å². The monoisotopic (exact) mass is 438 g/mol. The lowest BCUT2D eigenvalue weighted by molar-refractivity contribution is 0.395. The molecule has 0 bridgehead atoms. The molecule has 0 fully saturated rings. The zero-order valence-electron chi connectivity index (χ0n) is 17.7. The summed E-state index contributed by atoms with van der Waals surface area (Å²) in [6.07, 6.45) is 2.16. The molecule has 1 unspecified atom stereocenters. The second kappa shape index (κ2) is 8.70. The molecule has 0 amide bonds. The average molecular weight is 439 g/mol. The minimum absolute atomic E-state index is 0.133. The number of nitrogens with zero attached hydrogens (tertiary/aromatic N) is 3. The molecule has 0 spiro atoms. The van der Waals surface area contributed by atoms with Gasteiger partial charge in [-0.15, -0.1) is 11.3 Å². The third-order valence-electron chi connectivity index (χ3n) is 5.59. The molecule has 156 valence electrons. The third-order valence-corrected chi connectivity index (χ3v) is 6.80. The van der Waals surface area contributed by atoms with Gasteiger partial charge in [-0.05, 0) is 67.5 Å². The Labute approximate surface area is 186 Å². The van der Waals surface area contributed by atoms with Gasteiger partial charge in [-0.3, -0.25) is 0 Å². The molecule has 1 atom stereocenters.